The number of benzene rings is 1. The van der Waals surface area contributed by atoms with Gasteiger partial charge in [-0.15, -0.1) is 28.2 Å². The van der Waals surface area contributed by atoms with Crippen molar-refractivity contribution in [2.75, 3.05) is 28.8 Å². The van der Waals surface area contributed by atoms with Crippen LogP contribution in [-0.2, 0) is 36.2 Å². The summed E-state index contributed by atoms with van der Waals surface area (Å²) in [4.78, 5) is 65.5. The minimum Gasteiger partial charge on any atom is -0.543 e. The molecule has 284 valence electrons. The number of ether oxygens (including phenoxy) is 1. The SMILES string of the molecule is CO[C@@]1(NC(=O)C(c2csc(=N)[nH]2)N(C(N)=O)c2cnc(Nc3ccc(S(N)(=O)=O)cc3)nc2O)C(=O)N2C(C(=O)[O-])=C(CSc3nnnn3C)CS[C@H]21.[Na+]. The number of amides is 4. The molecule has 2 aliphatic rings. The molecule has 1 aromatic carbocycles. The van der Waals surface area contributed by atoms with Crippen LogP contribution in [0.1, 0.15) is 11.7 Å². The Morgan fingerprint density at radius 1 is 1.31 bits per heavy atom. The number of carbonyl (C=O) groups excluding carboxylic acids is 4. The van der Waals surface area contributed by atoms with E-state index >= 15 is 0 Å². The zero-order valence-corrected chi connectivity index (χ0v) is 33.9. The average molecular weight is 843 g/mol. The number of aliphatic carboxylic acids is 1. The maximum atomic E-state index is 14.3. The van der Waals surface area contributed by atoms with Gasteiger partial charge in [0.15, 0.2) is 10.8 Å². The number of hydrogen-bond donors (Lipinski definition) is 7. The second-order valence-electron chi connectivity index (χ2n) is 11.2. The number of nitrogens with two attached hydrogens (primary N) is 2. The van der Waals surface area contributed by atoms with E-state index in [0.717, 1.165) is 53.1 Å². The number of anilines is 3. The van der Waals surface area contributed by atoms with Crippen molar-refractivity contribution in [2.45, 2.75) is 27.2 Å². The number of carboxylic acid groups (broad SMARTS) is 1. The van der Waals surface area contributed by atoms with Gasteiger partial charge in [0.2, 0.25) is 27.0 Å². The smallest absolute Gasteiger partial charge is 0.543 e. The van der Waals surface area contributed by atoms with Crippen LogP contribution in [0.5, 0.6) is 5.88 Å². The number of carbonyl (C=O) groups is 4. The number of β-lactam (4-membered cyclic amide) rings is 1. The zero-order valence-electron chi connectivity index (χ0n) is 28.6. The van der Waals surface area contributed by atoms with Gasteiger partial charge in [0.05, 0.1) is 28.5 Å². The number of aryl methyl sites for hydroxylation is 1. The molecule has 1 unspecified atom stereocenters. The third-order valence-electron chi connectivity index (χ3n) is 7.94. The first-order valence-corrected chi connectivity index (χ1v) is 19.4. The Balaban J connectivity index is 0.00000580. The minimum atomic E-state index is -3.96. The Kier molecular flexibility index (Phi) is 12.3. The van der Waals surface area contributed by atoms with Gasteiger partial charge in [-0.05, 0) is 40.3 Å². The second kappa shape index (κ2) is 16.2. The van der Waals surface area contributed by atoms with Gasteiger partial charge in [0.25, 0.3) is 17.5 Å². The molecule has 3 aromatic heterocycles. The molecule has 6 rings (SSSR count). The number of rotatable bonds is 13. The van der Waals surface area contributed by atoms with Crippen LogP contribution in [0.3, 0.4) is 0 Å². The summed E-state index contributed by atoms with van der Waals surface area (Å²) in [5, 5.41) is 53.5. The molecule has 4 aromatic rings. The molecule has 0 radical (unpaired) electrons. The van der Waals surface area contributed by atoms with Gasteiger partial charge >= 0.3 is 35.6 Å². The van der Waals surface area contributed by atoms with Gasteiger partial charge in [0, 0.05) is 36.7 Å². The van der Waals surface area contributed by atoms with Crippen molar-refractivity contribution in [3.8, 4) is 5.88 Å². The molecule has 28 heteroatoms. The quantitative estimate of drug-likeness (QED) is 0.0286. The van der Waals surface area contributed by atoms with Crippen molar-refractivity contribution < 1.29 is 72.1 Å². The number of thioether (sulfide) groups is 2. The molecular weight excluding hydrogens is 816 g/mol. The Morgan fingerprint density at radius 3 is 2.56 bits per heavy atom. The van der Waals surface area contributed by atoms with E-state index in [-0.39, 0.29) is 62.4 Å². The fourth-order valence-electron chi connectivity index (χ4n) is 5.47. The van der Waals surface area contributed by atoms with Crippen LogP contribution in [0, 0.1) is 5.41 Å². The van der Waals surface area contributed by atoms with Gasteiger partial charge in [-0.1, -0.05) is 11.8 Å². The number of sulfonamides is 1. The van der Waals surface area contributed by atoms with Crippen molar-refractivity contribution in [3.63, 3.8) is 0 Å². The van der Waals surface area contributed by atoms with Gasteiger partial charge in [-0.3, -0.25) is 24.8 Å². The summed E-state index contributed by atoms with van der Waals surface area (Å²) >= 11 is 3.08. The summed E-state index contributed by atoms with van der Waals surface area (Å²) in [5.41, 5.74) is 3.27. The Labute approximate surface area is 344 Å². The number of thiazole rings is 1. The molecule has 1 saturated heterocycles. The molecule has 2 aliphatic heterocycles. The maximum absolute atomic E-state index is 14.3. The van der Waals surface area contributed by atoms with Crippen LogP contribution < -0.4 is 65.9 Å². The Morgan fingerprint density at radius 2 is 2.02 bits per heavy atom. The number of aromatic amines is 1. The normalized spacial score (nSPS) is 18.4. The van der Waals surface area contributed by atoms with Crippen LogP contribution in [0.2, 0.25) is 0 Å². The molecule has 23 nitrogen and oxygen atoms in total. The number of fused-ring (bicyclic) bond motifs is 1. The fourth-order valence-corrected chi connectivity index (χ4v) is 9.02. The largest absolute Gasteiger partial charge is 1.00 e. The average Bonchev–Trinajstić information content (AvgIpc) is 3.74. The summed E-state index contributed by atoms with van der Waals surface area (Å²) in [5.74, 6) is -4.57. The number of hydrogen-bond acceptors (Lipinski definition) is 19. The fraction of sp³-hybridized carbons (Fsp3) is 0.259. The molecule has 0 bridgehead atoms. The van der Waals surface area contributed by atoms with Crippen LogP contribution in [-0.4, -0.2) is 107 Å². The van der Waals surface area contributed by atoms with Crippen LogP contribution in [0.25, 0.3) is 0 Å². The molecule has 9 N–H and O–H groups in total. The van der Waals surface area contributed by atoms with Crippen LogP contribution >= 0.6 is 34.9 Å². The molecule has 0 saturated carbocycles. The van der Waals surface area contributed by atoms with E-state index in [2.05, 4.69) is 41.1 Å². The Bertz CT molecular complexity index is 2370. The molecule has 0 aliphatic carbocycles. The molecular formula is C27H27N14NaO9S4. The first-order valence-electron chi connectivity index (χ1n) is 14.9. The number of carboxylic acids is 1. The summed E-state index contributed by atoms with van der Waals surface area (Å²) in [6.07, 6.45) is 0.968. The minimum absolute atomic E-state index is 0. The summed E-state index contributed by atoms with van der Waals surface area (Å²) < 4.78 is 30.1. The third kappa shape index (κ3) is 8.05. The summed E-state index contributed by atoms with van der Waals surface area (Å²) in [6, 6.07) is 2.07. The first kappa shape index (κ1) is 41.6. The van der Waals surface area contributed by atoms with E-state index in [1.54, 1.807) is 7.05 Å². The molecule has 5 heterocycles. The van der Waals surface area contributed by atoms with E-state index in [4.69, 9.17) is 21.0 Å². The van der Waals surface area contributed by atoms with Crippen molar-refractivity contribution in [3.05, 3.63) is 57.6 Å². The maximum Gasteiger partial charge on any atom is 1.00 e. The topological polar surface area (TPSA) is 347 Å². The number of urea groups is 1. The zero-order chi connectivity index (χ0) is 39.1. The van der Waals surface area contributed by atoms with Gasteiger partial charge in [0.1, 0.15) is 11.1 Å². The van der Waals surface area contributed by atoms with E-state index in [1.165, 1.54) is 34.3 Å². The first-order chi connectivity index (χ1) is 25.5. The number of aromatic nitrogens is 7. The van der Waals surface area contributed by atoms with Gasteiger partial charge in [-0.2, -0.15) is 4.98 Å². The predicted octanol–water partition coefficient (Wildman–Crippen LogP) is -5.23. The van der Waals surface area contributed by atoms with Gasteiger partial charge in [-0.25, -0.2) is 28.0 Å². The number of primary sulfonamides is 1. The molecule has 0 spiro atoms. The number of nitrogens with one attached hydrogen (secondary N) is 4. The number of methoxy groups -OCH3 is 1. The molecule has 4 amide bonds. The predicted molar refractivity (Wildman–Crippen MR) is 187 cm³/mol. The number of H-pyrrole nitrogens is 1. The number of nitrogens with zero attached hydrogens (tertiary/aromatic N) is 8. The number of aromatic hydroxyl groups is 1. The summed E-state index contributed by atoms with van der Waals surface area (Å²) in [7, 11) is -1.23. The molecule has 1 fully saturated rings. The van der Waals surface area contributed by atoms with Crippen LogP contribution in [0.4, 0.5) is 22.1 Å². The van der Waals surface area contributed by atoms with E-state index in [1.807, 2.05) is 0 Å². The number of primary amides is 1. The number of tetrazole rings is 1. The van der Waals surface area contributed by atoms with Crippen molar-refractivity contribution >= 4 is 86.0 Å². The van der Waals surface area contributed by atoms with E-state index in [9.17, 15) is 37.8 Å². The molecule has 55 heavy (non-hydrogen) atoms. The van der Waals surface area contributed by atoms with Crippen molar-refractivity contribution in [2.24, 2.45) is 17.9 Å². The second-order valence-corrected chi connectivity index (χ2v) is 15.7. The van der Waals surface area contributed by atoms with E-state index < -0.39 is 68.2 Å². The van der Waals surface area contributed by atoms with Gasteiger partial charge < -0.3 is 41.1 Å². The molecule has 3 atom stereocenters. The monoisotopic (exact) mass is 842 g/mol. The van der Waals surface area contributed by atoms with Crippen molar-refractivity contribution in [1.29, 1.82) is 5.41 Å². The van der Waals surface area contributed by atoms with Crippen molar-refractivity contribution in [1.82, 2.24) is 45.4 Å². The Hall–Kier alpha value is -4.61. The third-order valence-corrected chi connectivity index (χ3v) is 12.0. The van der Waals surface area contributed by atoms with Crippen LogP contribution in [0.15, 0.2) is 57.2 Å². The summed E-state index contributed by atoms with van der Waals surface area (Å²) in [6.45, 7) is 0. The van der Waals surface area contributed by atoms with E-state index in [0.29, 0.717) is 21.3 Å². The standard InChI is InChI=1S/C27H28N14O9S4.Na/c1-39-26(36-37-38-39)53-9-11-8-51-22-27(50-2,21(46)41(22)16(11)20(44)45)35-19(43)17(14-10-52-23(28)33-14)40(24(29)47)15-7-31-25(34-18(15)42)32-12-3-5-13(6-4-12)54(30,48)49;/h3-7,10,17,22H,8-9H2,1-2H3,(H2,28,33)(H2,29,47)(H,35,43)(H,44,45)(H2,30,48,49)(H2,31,32,34,42);/q;+1/p-1/t17?,22-,27-;/m0./s1.